The van der Waals surface area contributed by atoms with Crippen LogP contribution in [0.3, 0.4) is 0 Å². The number of hydrogen-bond donors (Lipinski definition) is 3. The third-order valence-corrected chi connectivity index (χ3v) is 4.02. The average Bonchev–Trinajstić information content (AvgIpc) is 2.72. The molecule has 0 aromatic heterocycles. The number of carbonyl (C=O) groups is 3. The van der Waals surface area contributed by atoms with Crippen LogP contribution in [0.25, 0.3) is 0 Å². The van der Waals surface area contributed by atoms with Gasteiger partial charge in [-0.05, 0) is 19.8 Å². The minimum atomic E-state index is -1.24. The zero-order valence-electron chi connectivity index (χ0n) is 17.8. The summed E-state index contributed by atoms with van der Waals surface area (Å²) in [4.78, 5) is 36.0. The van der Waals surface area contributed by atoms with Gasteiger partial charge in [-0.1, -0.05) is 50.8 Å². The molecule has 3 N–H and O–H groups in total. The normalized spacial score (nSPS) is 13.1. The molecule has 0 rings (SSSR count). The molecule has 0 fully saturated rings. The number of hydrogen-bond acceptors (Lipinski definition) is 6. The first-order chi connectivity index (χ1) is 13.9. The fourth-order valence-electron chi connectivity index (χ4n) is 2.29. The molecule has 0 saturated carbocycles. The first-order valence-electron chi connectivity index (χ1n) is 9.78. The van der Waals surface area contributed by atoms with Crippen molar-refractivity contribution >= 4 is 17.8 Å². The molecule has 8 nitrogen and oxygen atoms in total. The summed E-state index contributed by atoms with van der Waals surface area (Å²) >= 11 is 0. The topological polar surface area (TPSA) is 114 Å². The summed E-state index contributed by atoms with van der Waals surface area (Å²) in [6, 6.07) is -1.24. The Labute approximate surface area is 173 Å². The fraction of sp³-hybridized carbons (Fsp3) is 0.571. The Morgan fingerprint density at radius 2 is 1.79 bits per heavy atom. The second-order valence-corrected chi connectivity index (χ2v) is 6.44. The van der Waals surface area contributed by atoms with Gasteiger partial charge < -0.3 is 25.2 Å². The lowest BCUT2D eigenvalue weighted by atomic mass is 10.1. The highest BCUT2D eigenvalue weighted by molar-refractivity contribution is 5.99. The molecule has 1 unspecified atom stereocenters. The molecule has 0 spiro atoms. The molecular formula is C21H34N2O6. The highest BCUT2D eigenvalue weighted by atomic mass is 16.5. The molecule has 0 radical (unpaired) electrons. The van der Waals surface area contributed by atoms with Crippen LogP contribution in [0.2, 0.25) is 0 Å². The lowest BCUT2D eigenvalue weighted by molar-refractivity contribution is -0.138. The minimum absolute atomic E-state index is 0.248. The summed E-state index contributed by atoms with van der Waals surface area (Å²) in [5, 5.41) is 14.1. The maximum Gasteiger partial charge on any atom is 0.357 e. The molecule has 0 aliphatic rings. The molecule has 164 valence electrons. The number of aliphatic hydroxyl groups is 1. The maximum atomic E-state index is 12.2. The molecule has 1 atom stereocenters. The van der Waals surface area contributed by atoms with Crippen molar-refractivity contribution < 1.29 is 29.0 Å². The van der Waals surface area contributed by atoms with Crippen molar-refractivity contribution in [2.75, 3.05) is 20.8 Å². The van der Waals surface area contributed by atoms with Crippen molar-refractivity contribution in [3.05, 3.63) is 35.8 Å². The van der Waals surface area contributed by atoms with Crippen LogP contribution in [-0.2, 0) is 23.9 Å². The van der Waals surface area contributed by atoms with Gasteiger partial charge in [0.15, 0.2) is 5.70 Å². The van der Waals surface area contributed by atoms with E-state index in [4.69, 9.17) is 4.74 Å². The molecule has 0 bridgehead atoms. The number of amides is 2. The molecule has 0 aliphatic heterocycles. The summed E-state index contributed by atoms with van der Waals surface area (Å²) in [5.41, 5.74) is 0.140. The average molecular weight is 411 g/mol. The Morgan fingerprint density at radius 1 is 1.10 bits per heavy atom. The van der Waals surface area contributed by atoms with Gasteiger partial charge in [0.1, 0.15) is 12.3 Å². The van der Waals surface area contributed by atoms with Crippen molar-refractivity contribution in [2.24, 2.45) is 0 Å². The summed E-state index contributed by atoms with van der Waals surface area (Å²) < 4.78 is 9.23. The molecule has 0 saturated heterocycles. The minimum Gasteiger partial charge on any atom is -0.502 e. The summed E-state index contributed by atoms with van der Waals surface area (Å²) in [6.45, 7) is 3.15. The highest BCUT2D eigenvalue weighted by Crippen LogP contribution is 2.06. The van der Waals surface area contributed by atoms with E-state index in [0.29, 0.717) is 5.57 Å². The number of esters is 1. The van der Waals surface area contributed by atoms with E-state index in [1.807, 2.05) is 6.08 Å². The number of carbonyl (C=O) groups excluding carboxylic acids is 3. The number of aliphatic hydroxyl groups excluding tert-OH is 1. The summed E-state index contributed by atoms with van der Waals surface area (Å²) in [6.07, 6.45) is 13.4. The Bertz CT molecular complexity index is 610. The lowest BCUT2D eigenvalue weighted by Gasteiger charge is -2.17. The second kappa shape index (κ2) is 16.4. The molecular weight excluding hydrogens is 376 g/mol. The number of ether oxygens (including phenoxy) is 2. The predicted octanol–water partition coefficient (Wildman–Crippen LogP) is 2.10. The van der Waals surface area contributed by atoms with Crippen LogP contribution in [0.15, 0.2) is 35.8 Å². The Balaban J connectivity index is 4.66. The number of nitrogens with one attached hydrogen (secondary N) is 2. The van der Waals surface area contributed by atoms with Crippen LogP contribution in [0, 0.1) is 0 Å². The van der Waals surface area contributed by atoms with Gasteiger partial charge in [0, 0.05) is 5.57 Å². The molecule has 8 heteroatoms. The van der Waals surface area contributed by atoms with Crippen LogP contribution in [-0.4, -0.2) is 49.8 Å². The summed E-state index contributed by atoms with van der Waals surface area (Å²) in [7, 11) is 2.45. The molecule has 0 aromatic carbocycles. The van der Waals surface area contributed by atoms with Gasteiger partial charge in [0.2, 0.25) is 11.8 Å². The van der Waals surface area contributed by atoms with E-state index in [1.54, 1.807) is 19.1 Å². The Morgan fingerprint density at radius 3 is 2.38 bits per heavy atom. The Hall–Kier alpha value is -2.61. The van der Waals surface area contributed by atoms with Crippen LogP contribution < -0.4 is 10.6 Å². The Kier molecular flexibility index (Phi) is 14.9. The van der Waals surface area contributed by atoms with Crippen LogP contribution in [0.5, 0.6) is 0 Å². The third-order valence-electron chi connectivity index (χ3n) is 4.02. The van der Waals surface area contributed by atoms with E-state index in [1.165, 1.54) is 32.8 Å². The van der Waals surface area contributed by atoms with Gasteiger partial charge in [-0.2, -0.15) is 0 Å². The predicted molar refractivity (Wildman–Crippen MR) is 111 cm³/mol. The fourth-order valence-corrected chi connectivity index (χ4v) is 2.29. The first kappa shape index (κ1) is 26.4. The van der Waals surface area contributed by atoms with E-state index in [-0.39, 0.29) is 5.70 Å². The number of methoxy groups -OCH3 is 2. The smallest absolute Gasteiger partial charge is 0.357 e. The van der Waals surface area contributed by atoms with Crippen molar-refractivity contribution in [3.63, 3.8) is 0 Å². The van der Waals surface area contributed by atoms with Crippen LogP contribution in [0.4, 0.5) is 0 Å². The van der Waals surface area contributed by atoms with E-state index in [2.05, 4.69) is 22.3 Å². The van der Waals surface area contributed by atoms with E-state index >= 15 is 0 Å². The SMILES string of the molecule is CCCCCCC/C=C\C=C(/C)C(=O)NC(CO)C(=O)N/C(=C\OC)C(=O)OC. The monoisotopic (exact) mass is 410 g/mol. The van der Waals surface area contributed by atoms with Crippen molar-refractivity contribution in [2.45, 2.75) is 58.4 Å². The van der Waals surface area contributed by atoms with Crippen molar-refractivity contribution in [3.8, 4) is 0 Å². The largest absolute Gasteiger partial charge is 0.502 e. The van der Waals surface area contributed by atoms with Gasteiger partial charge in [-0.3, -0.25) is 9.59 Å². The van der Waals surface area contributed by atoms with Crippen LogP contribution in [0.1, 0.15) is 52.4 Å². The highest BCUT2D eigenvalue weighted by Gasteiger charge is 2.23. The van der Waals surface area contributed by atoms with Gasteiger partial charge in [-0.25, -0.2) is 4.79 Å². The molecule has 0 aliphatic carbocycles. The maximum absolute atomic E-state index is 12.2. The van der Waals surface area contributed by atoms with Crippen molar-refractivity contribution in [1.82, 2.24) is 10.6 Å². The van der Waals surface area contributed by atoms with Crippen LogP contribution >= 0.6 is 0 Å². The standard InChI is InChI=1S/C21H34N2O6/c1-5-6-7-8-9-10-11-12-13-16(2)19(25)22-17(14-24)20(26)23-18(15-28-3)21(27)29-4/h11-13,15,17,24H,5-10,14H2,1-4H3,(H,22,25)(H,23,26)/b12-11-,16-13+,18-15-. The van der Waals surface area contributed by atoms with E-state index in [9.17, 15) is 19.5 Å². The molecule has 29 heavy (non-hydrogen) atoms. The van der Waals surface area contributed by atoms with Gasteiger partial charge in [0.25, 0.3) is 0 Å². The second-order valence-electron chi connectivity index (χ2n) is 6.44. The third kappa shape index (κ3) is 11.7. The van der Waals surface area contributed by atoms with E-state index < -0.39 is 30.4 Å². The van der Waals surface area contributed by atoms with Gasteiger partial charge in [-0.15, -0.1) is 0 Å². The quantitative estimate of drug-likeness (QED) is 0.133. The lowest BCUT2D eigenvalue weighted by Crippen LogP contribution is -2.49. The molecule has 0 heterocycles. The van der Waals surface area contributed by atoms with E-state index in [0.717, 1.165) is 26.2 Å². The number of unbranched alkanes of at least 4 members (excludes halogenated alkanes) is 5. The molecule has 0 aromatic rings. The zero-order valence-corrected chi connectivity index (χ0v) is 17.8. The zero-order chi connectivity index (χ0) is 22.1. The number of allylic oxidation sites excluding steroid dienone is 3. The van der Waals surface area contributed by atoms with Crippen molar-refractivity contribution in [1.29, 1.82) is 0 Å². The number of rotatable bonds is 14. The summed E-state index contributed by atoms with van der Waals surface area (Å²) in [5.74, 6) is -2.09. The van der Waals surface area contributed by atoms with Gasteiger partial charge in [0.05, 0.1) is 20.8 Å². The first-order valence-corrected chi connectivity index (χ1v) is 9.78. The molecule has 2 amide bonds. The van der Waals surface area contributed by atoms with Gasteiger partial charge >= 0.3 is 5.97 Å².